The van der Waals surface area contributed by atoms with Gasteiger partial charge in [-0.15, -0.1) is 11.3 Å². The van der Waals surface area contributed by atoms with Gasteiger partial charge < -0.3 is 0 Å². The number of aryl methyl sites for hydroxylation is 2. The summed E-state index contributed by atoms with van der Waals surface area (Å²) in [6.07, 6.45) is 6.84. The van der Waals surface area contributed by atoms with Gasteiger partial charge in [-0.1, -0.05) is 6.07 Å². The predicted molar refractivity (Wildman–Crippen MR) is 71.4 cm³/mol. The normalized spacial score (nSPS) is 10.9. The number of carbonyl (C=O) groups excluding carboxylic acids is 1. The van der Waals surface area contributed by atoms with Crippen LogP contribution in [0.5, 0.6) is 0 Å². The molecule has 0 aliphatic carbocycles. The van der Waals surface area contributed by atoms with Gasteiger partial charge in [0.25, 0.3) is 0 Å². The highest BCUT2D eigenvalue weighted by Crippen LogP contribution is 2.21. The fraction of sp³-hybridized carbons (Fsp3) is 0.143. The largest absolute Gasteiger partial charge is 0.289 e. The quantitative estimate of drug-likeness (QED) is 0.608. The lowest BCUT2D eigenvalue weighted by Gasteiger charge is -1.93. The van der Waals surface area contributed by atoms with Crippen LogP contribution in [-0.4, -0.2) is 10.8 Å². The summed E-state index contributed by atoms with van der Waals surface area (Å²) in [5, 5.41) is 0. The lowest BCUT2D eigenvalue weighted by molar-refractivity contribution is 0.104. The minimum absolute atomic E-state index is 0.0516. The van der Waals surface area contributed by atoms with E-state index in [0.29, 0.717) is 0 Å². The monoisotopic (exact) mass is 243 g/mol. The van der Waals surface area contributed by atoms with Crippen molar-refractivity contribution in [1.82, 2.24) is 4.98 Å². The van der Waals surface area contributed by atoms with Crippen molar-refractivity contribution in [3.05, 3.63) is 57.6 Å². The van der Waals surface area contributed by atoms with Crippen LogP contribution in [0.15, 0.2) is 36.7 Å². The molecule has 3 heteroatoms. The molecule has 0 spiro atoms. The minimum atomic E-state index is 0.0516. The van der Waals surface area contributed by atoms with E-state index in [9.17, 15) is 4.79 Å². The Bertz CT molecular complexity index is 555. The molecule has 0 aliphatic rings. The van der Waals surface area contributed by atoms with Crippen molar-refractivity contribution in [2.45, 2.75) is 13.8 Å². The molecule has 0 aromatic carbocycles. The molecular formula is C14H13NOS. The second kappa shape index (κ2) is 5.06. The summed E-state index contributed by atoms with van der Waals surface area (Å²) in [6, 6.07) is 5.71. The van der Waals surface area contributed by atoms with Crippen LogP contribution in [0, 0.1) is 13.8 Å². The minimum Gasteiger partial charge on any atom is -0.289 e. The highest BCUT2D eigenvalue weighted by atomic mass is 32.1. The summed E-state index contributed by atoms with van der Waals surface area (Å²) >= 11 is 1.65. The number of aromatic nitrogens is 1. The molecule has 2 aromatic heterocycles. The number of hydrogen-bond donors (Lipinski definition) is 0. The Kier molecular flexibility index (Phi) is 3.49. The van der Waals surface area contributed by atoms with Crippen molar-refractivity contribution in [2.24, 2.45) is 0 Å². The first-order valence-electron chi connectivity index (χ1n) is 5.36. The molecule has 0 bridgehead atoms. The Morgan fingerprint density at radius 3 is 2.82 bits per heavy atom. The number of thiophene rings is 1. The molecular weight excluding hydrogens is 230 g/mol. The molecule has 17 heavy (non-hydrogen) atoms. The number of allylic oxidation sites excluding steroid dienone is 1. The third-order valence-corrected chi connectivity index (χ3v) is 3.38. The van der Waals surface area contributed by atoms with Gasteiger partial charge in [-0.3, -0.25) is 9.78 Å². The molecule has 0 aliphatic heterocycles. The Hall–Kier alpha value is -1.74. The maximum absolute atomic E-state index is 12.0. The molecule has 0 unspecified atom stereocenters. The van der Waals surface area contributed by atoms with Gasteiger partial charge in [0.05, 0.1) is 0 Å². The maximum Gasteiger partial charge on any atom is 0.186 e. The Balaban J connectivity index is 2.18. The van der Waals surface area contributed by atoms with Crippen molar-refractivity contribution in [3.8, 4) is 0 Å². The first-order valence-corrected chi connectivity index (χ1v) is 6.18. The zero-order chi connectivity index (χ0) is 12.3. The van der Waals surface area contributed by atoms with Crippen molar-refractivity contribution < 1.29 is 4.79 Å². The number of rotatable bonds is 3. The molecule has 0 radical (unpaired) electrons. The van der Waals surface area contributed by atoms with Crippen molar-refractivity contribution in [2.75, 3.05) is 0 Å². The van der Waals surface area contributed by atoms with Crippen LogP contribution in [0.4, 0.5) is 0 Å². The van der Waals surface area contributed by atoms with E-state index < -0.39 is 0 Å². The van der Waals surface area contributed by atoms with Crippen LogP contribution in [0.3, 0.4) is 0 Å². The summed E-state index contributed by atoms with van der Waals surface area (Å²) < 4.78 is 0. The molecule has 0 saturated heterocycles. The second-order valence-corrected chi connectivity index (χ2v) is 5.27. The lowest BCUT2D eigenvalue weighted by atomic mass is 10.1. The Morgan fingerprint density at radius 1 is 1.41 bits per heavy atom. The zero-order valence-corrected chi connectivity index (χ0v) is 10.6. The van der Waals surface area contributed by atoms with Crippen molar-refractivity contribution in [1.29, 1.82) is 0 Å². The average molecular weight is 243 g/mol. The number of carbonyl (C=O) groups is 1. The lowest BCUT2D eigenvalue weighted by Crippen LogP contribution is -1.93. The number of ketones is 1. The fourth-order valence-corrected chi connectivity index (χ4v) is 2.54. The van der Waals surface area contributed by atoms with E-state index in [2.05, 4.69) is 4.98 Å². The van der Waals surface area contributed by atoms with Crippen LogP contribution in [-0.2, 0) is 0 Å². The molecule has 0 saturated carbocycles. The number of pyridine rings is 1. The van der Waals surface area contributed by atoms with Gasteiger partial charge in [-0.05, 0) is 43.7 Å². The fourth-order valence-electron chi connectivity index (χ4n) is 1.61. The molecule has 2 rings (SSSR count). The van der Waals surface area contributed by atoms with Gasteiger partial charge in [0.15, 0.2) is 5.78 Å². The van der Waals surface area contributed by atoms with E-state index in [4.69, 9.17) is 0 Å². The van der Waals surface area contributed by atoms with Crippen molar-refractivity contribution >= 4 is 23.2 Å². The zero-order valence-electron chi connectivity index (χ0n) is 9.81. The first-order chi connectivity index (χ1) is 8.16. The standard InChI is InChI=1S/C14H13NOS/c1-10-8-13(11(2)17-10)14(16)6-5-12-4-3-7-15-9-12/h3-9H,1-2H3/b6-5-. The smallest absolute Gasteiger partial charge is 0.186 e. The van der Waals surface area contributed by atoms with Crippen LogP contribution in [0.25, 0.3) is 6.08 Å². The second-order valence-electron chi connectivity index (χ2n) is 3.81. The van der Waals surface area contributed by atoms with Gasteiger partial charge in [0, 0.05) is 27.7 Å². The average Bonchev–Trinajstić information content (AvgIpc) is 2.67. The highest BCUT2D eigenvalue weighted by Gasteiger charge is 2.08. The molecule has 2 nitrogen and oxygen atoms in total. The molecule has 0 fully saturated rings. The summed E-state index contributed by atoms with van der Waals surface area (Å²) in [5.41, 5.74) is 1.73. The van der Waals surface area contributed by atoms with E-state index in [-0.39, 0.29) is 5.78 Å². The van der Waals surface area contributed by atoms with Crippen LogP contribution < -0.4 is 0 Å². The van der Waals surface area contributed by atoms with Gasteiger partial charge in [-0.25, -0.2) is 0 Å². The van der Waals surface area contributed by atoms with Gasteiger partial charge in [0.1, 0.15) is 0 Å². The summed E-state index contributed by atoms with van der Waals surface area (Å²) in [4.78, 5) is 18.2. The van der Waals surface area contributed by atoms with E-state index in [1.807, 2.05) is 32.0 Å². The van der Waals surface area contributed by atoms with E-state index >= 15 is 0 Å². The SMILES string of the molecule is Cc1cc(C(=O)/C=C\c2cccnc2)c(C)s1. The van der Waals surface area contributed by atoms with Crippen LogP contribution >= 0.6 is 11.3 Å². The molecule has 86 valence electrons. The molecule has 0 N–H and O–H groups in total. The first kappa shape index (κ1) is 11.7. The van der Waals surface area contributed by atoms with Crippen LogP contribution in [0.1, 0.15) is 25.7 Å². The van der Waals surface area contributed by atoms with E-state index in [0.717, 1.165) is 16.0 Å². The van der Waals surface area contributed by atoms with E-state index in [1.54, 1.807) is 35.9 Å². The predicted octanol–water partition coefficient (Wildman–Crippen LogP) is 3.66. The Labute approximate surface area is 105 Å². The topological polar surface area (TPSA) is 30.0 Å². The third kappa shape index (κ3) is 2.88. The number of hydrogen-bond acceptors (Lipinski definition) is 3. The maximum atomic E-state index is 12.0. The summed E-state index contributed by atoms with van der Waals surface area (Å²) in [6.45, 7) is 3.99. The van der Waals surface area contributed by atoms with Gasteiger partial charge in [0.2, 0.25) is 0 Å². The third-order valence-electron chi connectivity index (χ3n) is 2.42. The summed E-state index contributed by atoms with van der Waals surface area (Å²) in [5.74, 6) is 0.0516. The van der Waals surface area contributed by atoms with Crippen molar-refractivity contribution in [3.63, 3.8) is 0 Å². The molecule has 0 atom stereocenters. The molecule has 0 amide bonds. The van der Waals surface area contributed by atoms with Crippen LogP contribution in [0.2, 0.25) is 0 Å². The highest BCUT2D eigenvalue weighted by molar-refractivity contribution is 7.12. The Morgan fingerprint density at radius 2 is 2.24 bits per heavy atom. The molecule has 2 heterocycles. The van der Waals surface area contributed by atoms with Gasteiger partial charge >= 0.3 is 0 Å². The summed E-state index contributed by atoms with van der Waals surface area (Å²) in [7, 11) is 0. The molecule has 2 aromatic rings. The number of nitrogens with zero attached hydrogens (tertiary/aromatic N) is 1. The van der Waals surface area contributed by atoms with E-state index in [1.165, 1.54) is 4.88 Å². The van der Waals surface area contributed by atoms with Gasteiger partial charge in [-0.2, -0.15) is 0 Å².